The zero-order valence-electron chi connectivity index (χ0n) is 9.56. The van der Waals surface area contributed by atoms with Crippen LogP contribution in [0.2, 0.25) is 0 Å². The molecule has 0 radical (unpaired) electrons. The first-order valence-corrected chi connectivity index (χ1v) is 5.61. The zero-order chi connectivity index (χ0) is 13.2. The maximum absolute atomic E-state index is 14.1. The van der Waals surface area contributed by atoms with E-state index >= 15 is 0 Å². The van der Waals surface area contributed by atoms with Gasteiger partial charge in [0.25, 0.3) is 0 Å². The molecular weight excluding hydrogens is 250 g/mol. The highest BCUT2D eigenvalue weighted by molar-refractivity contribution is 5.28. The van der Waals surface area contributed by atoms with E-state index in [1.54, 1.807) is 0 Å². The summed E-state index contributed by atoms with van der Waals surface area (Å²) >= 11 is 0. The molecule has 1 atom stereocenters. The van der Waals surface area contributed by atoms with E-state index in [0.717, 1.165) is 0 Å². The van der Waals surface area contributed by atoms with E-state index in [9.17, 15) is 17.6 Å². The lowest BCUT2D eigenvalue weighted by molar-refractivity contribution is -0.274. The van der Waals surface area contributed by atoms with Crippen molar-refractivity contribution in [2.75, 3.05) is 13.1 Å². The van der Waals surface area contributed by atoms with Gasteiger partial charge in [0.05, 0.1) is 0 Å². The minimum Gasteiger partial charge on any atom is -0.406 e. The van der Waals surface area contributed by atoms with E-state index in [-0.39, 0.29) is 18.7 Å². The lowest BCUT2D eigenvalue weighted by atomic mass is 9.95. The van der Waals surface area contributed by atoms with Crippen molar-refractivity contribution in [2.45, 2.75) is 24.9 Å². The monoisotopic (exact) mass is 263 g/mol. The van der Waals surface area contributed by atoms with Gasteiger partial charge in [-0.15, -0.1) is 13.2 Å². The summed E-state index contributed by atoms with van der Waals surface area (Å²) in [5, 5.41) is 2.93. The minimum absolute atomic E-state index is 0.201. The Bertz CT molecular complexity index is 396. The maximum Gasteiger partial charge on any atom is 0.573 e. The number of halogens is 4. The van der Waals surface area contributed by atoms with Gasteiger partial charge in [0.1, 0.15) is 11.4 Å². The normalized spacial score (nSPS) is 24.2. The molecule has 1 N–H and O–H groups in total. The van der Waals surface area contributed by atoms with E-state index in [2.05, 4.69) is 10.1 Å². The van der Waals surface area contributed by atoms with Crippen molar-refractivity contribution in [1.82, 2.24) is 5.32 Å². The van der Waals surface area contributed by atoms with Gasteiger partial charge in [-0.25, -0.2) is 4.39 Å². The van der Waals surface area contributed by atoms with Crippen LogP contribution in [0.3, 0.4) is 0 Å². The van der Waals surface area contributed by atoms with Gasteiger partial charge >= 0.3 is 6.36 Å². The molecule has 0 bridgehead atoms. The summed E-state index contributed by atoms with van der Waals surface area (Å²) in [5.74, 6) is -0.288. The number of hydrogen-bond donors (Lipinski definition) is 1. The fourth-order valence-corrected chi connectivity index (χ4v) is 2.04. The van der Waals surface area contributed by atoms with Gasteiger partial charge in [-0.1, -0.05) is 12.1 Å². The molecule has 0 aliphatic carbocycles. The van der Waals surface area contributed by atoms with E-state index in [1.807, 2.05) is 0 Å². The fraction of sp³-hybridized carbons (Fsp3) is 0.500. The van der Waals surface area contributed by atoms with Crippen molar-refractivity contribution in [3.8, 4) is 5.75 Å². The van der Waals surface area contributed by atoms with Crippen LogP contribution in [0.4, 0.5) is 17.6 Å². The second kappa shape index (κ2) is 4.76. The molecule has 1 aromatic rings. The average molecular weight is 263 g/mol. The maximum atomic E-state index is 14.1. The van der Waals surface area contributed by atoms with Crippen LogP contribution in [-0.2, 0) is 6.42 Å². The molecule has 0 saturated carbocycles. The topological polar surface area (TPSA) is 21.3 Å². The highest BCUT2D eigenvalue weighted by atomic mass is 19.4. The highest BCUT2D eigenvalue weighted by Gasteiger charge is 2.34. The van der Waals surface area contributed by atoms with E-state index in [0.29, 0.717) is 18.5 Å². The van der Waals surface area contributed by atoms with Crippen LogP contribution in [-0.4, -0.2) is 25.1 Å². The minimum atomic E-state index is -4.70. The molecule has 0 aromatic heterocycles. The van der Waals surface area contributed by atoms with Crippen LogP contribution in [0.1, 0.15) is 12.0 Å². The molecule has 0 spiro atoms. The lowest BCUT2D eigenvalue weighted by Gasteiger charge is -2.18. The predicted octanol–water partition coefficient (Wildman–Crippen LogP) is 2.83. The number of alkyl halides is 4. The van der Waals surface area contributed by atoms with E-state index in [4.69, 9.17) is 0 Å². The molecule has 2 rings (SSSR count). The number of rotatable bonds is 3. The number of ether oxygens (including phenoxy) is 1. The summed E-state index contributed by atoms with van der Waals surface area (Å²) in [4.78, 5) is 0. The van der Waals surface area contributed by atoms with E-state index in [1.165, 1.54) is 24.3 Å². The molecule has 1 saturated heterocycles. The van der Waals surface area contributed by atoms with Crippen LogP contribution < -0.4 is 10.1 Å². The van der Waals surface area contributed by atoms with Gasteiger partial charge in [-0.2, -0.15) is 0 Å². The van der Waals surface area contributed by atoms with Gasteiger partial charge in [0.15, 0.2) is 0 Å². The van der Waals surface area contributed by atoms with Gasteiger partial charge in [-0.05, 0) is 30.7 Å². The summed E-state index contributed by atoms with van der Waals surface area (Å²) < 4.78 is 53.7. The highest BCUT2D eigenvalue weighted by Crippen LogP contribution is 2.27. The quantitative estimate of drug-likeness (QED) is 0.847. The SMILES string of the molecule is FC1(Cc2ccc(OC(F)(F)F)cc2)CCNC1. The van der Waals surface area contributed by atoms with Gasteiger partial charge in [0, 0.05) is 13.0 Å². The summed E-state index contributed by atoms with van der Waals surface area (Å²) in [7, 11) is 0. The predicted molar refractivity (Wildman–Crippen MR) is 58.2 cm³/mol. The van der Waals surface area contributed by atoms with Crippen molar-refractivity contribution in [1.29, 1.82) is 0 Å². The van der Waals surface area contributed by atoms with Crippen molar-refractivity contribution in [2.24, 2.45) is 0 Å². The first kappa shape index (κ1) is 13.1. The summed E-state index contributed by atoms with van der Waals surface area (Å²) in [5.41, 5.74) is -0.636. The van der Waals surface area contributed by atoms with Gasteiger partial charge < -0.3 is 10.1 Å². The third kappa shape index (κ3) is 3.60. The Morgan fingerprint density at radius 1 is 1.22 bits per heavy atom. The third-order valence-corrected chi connectivity index (χ3v) is 2.87. The second-order valence-electron chi connectivity index (χ2n) is 4.45. The standard InChI is InChI=1S/C12H13F4NO/c13-11(5-6-17-8-11)7-9-1-3-10(4-2-9)18-12(14,15)16/h1-4,17H,5-8H2. The Hall–Kier alpha value is -1.30. The summed E-state index contributed by atoms with van der Waals surface area (Å²) in [6.45, 7) is 0.916. The summed E-state index contributed by atoms with van der Waals surface area (Å²) in [6, 6.07) is 5.32. The summed E-state index contributed by atoms with van der Waals surface area (Å²) in [6.07, 6.45) is -4.07. The van der Waals surface area contributed by atoms with Crippen molar-refractivity contribution < 1.29 is 22.3 Å². The largest absolute Gasteiger partial charge is 0.573 e. The lowest BCUT2D eigenvalue weighted by Crippen LogP contribution is -2.28. The molecule has 1 aromatic carbocycles. The Labute approximate surface area is 102 Å². The van der Waals surface area contributed by atoms with Crippen molar-refractivity contribution >= 4 is 0 Å². The Morgan fingerprint density at radius 2 is 1.89 bits per heavy atom. The van der Waals surface area contributed by atoms with Crippen LogP contribution in [0.15, 0.2) is 24.3 Å². The molecule has 1 fully saturated rings. The zero-order valence-corrected chi connectivity index (χ0v) is 9.56. The van der Waals surface area contributed by atoms with Crippen LogP contribution >= 0.6 is 0 Å². The number of nitrogens with one attached hydrogen (secondary N) is 1. The molecule has 1 heterocycles. The second-order valence-corrected chi connectivity index (χ2v) is 4.45. The molecular formula is C12H13F4NO. The average Bonchev–Trinajstić information content (AvgIpc) is 2.66. The first-order chi connectivity index (χ1) is 8.36. The molecule has 1 unspecified atom stereocenters. The molecule has 0 amide bonds. The Balaban J connectivity index is 1.99. The van der Waals surface area contributed by atoms with Crippen molar-refractivity contribution in [3.05, 3.63) is 29.8 Å². The Morgan fingerprint density at radius 3 is 2.39 bits per heavy atom. The molecule has 1 aliphatic rings. The first-order valence-electron chi connectivity index (χ1n) is 5.61. The van der Waals surface area contributed by atoms with Crippen LogP contribution in [0.25, 0.3) is 0 Å². The third-order valence-electron chi connectivity index (χ3n) is 2.87. The molecule has 2 nitrogen and oxygen atoms in total. The van der Waals surface area contributed by atoms with Crippen LogP contribution in [0.5, 0.6) is 5.75 Å². The van der Waals surface area contributed by atoms with Gasteiger partial charge in [-0.3, -0.25) is 0 Å². The molecule has 18 heavy (non-hydrogen) atoms. The van der Waals surface area contributed by atoms with E-state index < -0.39 is 12.0 Å². The van der Waals surface area contributed by atoms with Gasteiger partial charge in [0.2, 0.25) is 0 Å². The number of benzene rings is 1. The number of hydrogen-bond acceptors (Lipinski definition) is 2. The fourth-order valence-electron chi connectivity index (χ4n) is 2.04. The van der Waals surface area contributed by atoms with Crippen LogP contribution in [0, 0.1) is 0 Å². The van der Waals surface area contributed by atoms with Crippen molar-refractivity contribution in [3.63, 3.8) is 0 Å². The molecule has 1 aliphatic heterocycles. The smallest absolute Gasteiger partial charge is 0.406 e. The molecule has 100 valence electrons. The Kier molecular flexibility index (Phi) is 3.47. The molecule has 6 heteroatoms.